The number of piperidine rings is 1. The number of sulfone groups is 1. The third-order valence-corrected chi connectivity index (χ3v) is 6.49. The quantitative estimate of drug-likeness (QED) is 0.802. The fourth-order valence-electron chi connectivity index (χ4n) is 3.32. The molecular formula is C14H26N2O3S. The van der Waals surface area contributed by atoms with Crippen molar-refractivity contribution in [2.45, 2.75) is 45.1 Å². The van der Waals surface area contributed by atoms with Gasteiger partial charge < -0.3 is 10.6 Å². The van der Waals surface area contributed by atoms with E-state index in [0.29, 0.717) is 24.7 Å². The normalized spacial score (nSPS) is 34.6. The molecule has 6 heteroatoms. The molecule has 116 valence electrons. The van der Waals surface area contributed by atoms with E-state index in [-0.39, 0.29) is 17.4 Å². The summed E-state index contributed by atoms with van der Waals surface area (Å²) in [5, 5.41) is 6.31. The molecule has 0 spiro atoms. The Kier molecular flexibility index (Phi) is 4.74. The maximum atomic E-state index is 12.1. The molecule has 0 saturated carbocycles. The zero-order valence-corrected chi connectivity index (χ0v) is 13.3. The van der Waals surface area contributed by atoms with Crippen LogP contribution in [0.5, 0.6) is 0 Å². The predicted octanol–water partition coefficient (Wildman–Crippen LogP) is 0.706. The van der Waals surface area contributed by atoms with E-state index in [0.717, 1.165) is 13.1 Å². The summed E-state index contributed by atoms with van der Waals surface area (Å²) < 4.78 is 23.1. The zero-order chi connectivity index (χ0) is 14.8. The number of rotatable bonds is 4. The van der Waals surface area contributed by atoms with Crippen molar-refractivity contribution in [3.05, 3.63) is 0 Å². The maximum absolute atomic E-state index is 12.1. The van der Waals surface area contributed by atoms with Gasteiger partial charge in [0.25, 0.3) is 0 Å². The second kappa shape index (κ2) is 6.02. The van der Waals surface area contributed by atoms with Crippen molar-refractivity contribution >= 4 is 15.7 Å². The van der Waals surface area contributed by atoms with Gasteiger partial charge >= 0.3 is 0 Å². The van der Waals surface area contributed by atoms with E-state index in [9.17, 15) is 13.2 Å². The highest BCUT2D eigenvalue weighted by Crippen LogP contribution is 2.25. The van der Waals surface area contributed by atoms with Crippen LogP contribution in [0.3, 0.4) is 0 Å². The third-order valence-electron chi connectivity index (χ3n) is 4.59. The van der Waals surface area contributed by atoms with Gasteiger partial charge in [0.15, 0.2) is 9.84 Å². The van der Waals surface area contributed by atoms with Crippen LogP contribution in [0, 0.1) is 11.8 Å². The number of hydrogen-bond acceptors (Lipinski definition) is 4. The minimum Gasteiger partial charge on any atom is -0.350 e. The van der Waals surface area contributed by atoms with Crippen molar-refractivity contribution < 1.29 is 13.2 Å². The molecule has 3 atom stereocenters. The molecule has 1 amide bonds. The first kappa shape index (κ1) is 15.8. The molecule has 2 aliphatic rings. The summed E-state index contributed by atoms with van der Waals surface area (Å²) in [6.45, 7) is 6.01. The molecule has 0 aliphatic carbocycles. The van der Waals surface area contributed by atoms with E-state index in [4.69, 9.17) is 0 Å². The van der Waals surface area contributed by atoms with Crippen LogP contribution in [0.25, 0.3) is 0 Å². The Morgan fingerprint density at radius 2 is 2.25 bits per heavy atom. The highest BCUT2D eigenvalue weighted by Gasteiger charge is 2.39. The van der Waals surface area contributed by atoms with Crippen molar-refractivity contribution in [2.75, 3.05) is 24.6 Å². The average molecular weight is 302 g/mol. The second-order valence-electron chi connectivity index (χ2n) is 6.74. The fraction of sp³-hybridized carbons (Fsp3) is 0.929. The van der Waals surface area contributed by atoms with Gasteiger partial charge in [0.2, 0.25) is 5.91 Å². The number of nitrogens with one attached hydrogen (secondary N) is 2. The number of amides is 1. The van der Waals surface area contributed by atoms with E-state index in [1.807, 2.05) is 6.92 Å². The van der Waals surface area contributed by atoms with Gasteiger partial charge in [0.1, 0.15) is 0 Å². The molecule has 0 bridgehead atoms. The largest absolute Gasteiger partial charge is 0.350 e. The van der Waals surface area contributed by atoms with Crippen LogP contribution in [-0.4, -0.2) is 44.5 Å². The maximum Gasteiger partial charge on any atom is 0.220 e. The Balaban J connectivity index is 1.83. The molecule has 20 heavy (non-hydrogen) atoms. The summed E-state index contributed by atoms with van der Waals surface area (Å²) in [5.41, 5.74) is -0.569. The lowest BCUT2D eigenvalue weighted by Crippen LogP contribution is -2.47. The Hall–Kier alpha value is -0.620. The van der Waals surface area contributed by atoms with Gasteiger partial charge in [-0.1, -0.05) is 6.92 Å². The lowest BCUT2D eigenvalue weighted by molar-refractivity contribution is -0.123. The summed E-state index contributed by atoms with van der Waals surface area (Å²) in [6, 6.07) is 0. The summed E-state index contributed by atoms with van der Waals surface area (Å²) >= 11 is 0. The Morgan fingerprint density at radius 3 is 2.80 bits per heavy atom. The topological polar surface area (TPSA) is 75.3 Å². The monoisotopic (exact) mass is 302 g/mol. The molecule has 5 nitrogen and oxygen atoms in total. The molecule has 0 aromatic carbocycles. The fourth-order valence-corrected chi connectivity index (χ4v) is 5.41. The van der Waals surface area contributed by atoms with Gasteiger partial charge in [-0.2, -0.15) is 0 Å². The Bertz CT molecular complexity index is 457. The number of carbonyl (C=O) groups excluding carboxylic acids is 1. The summed E-state index contributed by atoms with van der Waals surface area (Å²) in [6.07, 6.45) is 3.36. The van der Waals surface area contributed by atoms with Crippen molar-refractivity contribution in [1.29, 1.82) is 0 Å². The minimum atomic E-state index is -2.97. The van der Waals surface area contributed by atoms with Crippen molar-refractivity contribution in [2.24, 2.45) is 11.8 Å². The highest BCUT2D eigenvalue weighted by molar-refractivity contribution is 7.91. The second-order valence-corrected chi connectivity index (χ2v) is 8.92. The van der Waals surface area contributed by atoms with Crippen molar-refractivity contribution in [3.8, 4) is 0 Å². The first-order valence-corrected chi connectivity index (χ1v) is 9.34. The summed E-state index contributed by atoms with van der Waals surface area (Å²) in [5.74, 6) is 1.14. The van der Waals surface area contributed by atoms with E-state index in [1.165, 1.54) is 12.8 Å². The Morgan fingerprint density at radius 1 is 1.50 bits per heavy atom. The highest BCUT2D eigenvalue weighted by atomic mass is 32.2. The van der Waals surface area contributed by atoms with Crippen LogP contribution >= 0.6 is 0 Å². The molecule has 0 radical (unpaired) electrons. The van der Waals surface area contributed by atoms with Crippen molar-refractivity contribution in [3.63, 3.8) is 0 Å². The van der Waals surface area contributed by atoms with E-state index >= 15 is 0 Å². The van der Waals surface area contributed by atoms with Crippen LogP contribution < -0.4 is 10.6 Å². The van der Waals surface area contributed by atoms with Gasteiger partial charge in [-0.05, 0) is 51.1 Å². The molecule has 2 rings (SSSR count). The molecule has 2 heterocycles. The average Bonchev–Trinajstić information content (AvgIpc) is 2.64. The predicted molar refractivity (Wildman–Crippen MR) is 79.2 cm³/mol. The smallest absolute Gasteiger partial charge is 0.220 e. The standard InChI is InChI=1S/C14H26N2O3S/c1-11(12-4-3-6-15-9-12)8-13(17)16-14(2)5-7-20(18,19)10-14/h11-12,15H,3-10H2,1-2H3,(H,16,17). The van der Waals surface area contributed by atoms with Gasteiger partial charge in [-0.3, -0.25) is 4.79 Å². The van der Waals surface area contributed by atoms with Crippen LogP contribution in [-0.2, 0) is 14.6 Å². The van der Waals surface area contributed by atoms with Gasteiger partial charge in [-0.15, -0.1) is 0 Å². The lowest BCUT2D eigenvalue weighted by atomic mass is 9.85. The number of carbonyl (C=O) groups is 1. The first-order chi connectivity index (χ1) is 9.30. The van der Waals surface area contributed by atoms with Crippen molar-refractivity contribution in [1.82, 2.24) is 10.6 Å². The summed E-state index contributed by atoms with van der Waals surface area (Å²) in [7, 11) is -2.97. The third kappa shape index (κ3) is 4.19. The molecule has 2 aliphatic heterocycles. The molecule has 3 unspecified atom stereocenters. The molecule has 2 saturated heterocycles. The van der Waals surface area contributed by atoms with Gasteiger partial charge in [0.05, 0.1) is 17.0 Å². The minimum absolute atomic E-state index is 0.0114. The number of hydrogen-bond donors (Lipinski definition) is 2. The molecule has 2 N–H and O–H groups in total. The Labute approximate surface area is 121 Å². The van der Waals surface area contributed by atoms with Crippen LogP contribution in [0.15, 0.2) is 0 Å². The lowest BCUT2D eigenvalue weighted by Gasteiger charge is -2.30. The molecule has 0 aromatic rings. The molecule has 2 fully saturated rings. The van der Waals surface area contributed by atoms with E-state index < -0.39 is 15.4 Å². The van der Waals surface area contributed by atoms with E-state index in [2.05, 4.69) is 17.6 Å². The van der Waals surface area contributed by atoms with Crippen LogP contribution in [0.4, 0.5) is 0 Å². The van der Waals surface area contributed by atoms with Crippen LogP contribution in [0.1, 0.15) is 39.5 Å². The van der Waals surface area contributed by atoms with Crippen LogP contribution in [0.2, 0.25) is 0 Å². The zero-order valence-electron chi connectivity index (χ0n) is 12.4. The van der Waals surface area contributed by atoms with Gasteiger partial charge in [0, 0.05) is 6.42 Å². The molecule has 0 aromatic heterocycles. The SMILES string of the molecule is CC(CC(=O)NC1(C)CCS(=O)(=O)C1)C1CCCNC1. The molecular weight excluding hydrogens is 276 g/mol. The first-order valence-electron chi connectivity index (χ1n) is 7.52. The van der Waals surface area contributed by atoms with Gasteiger partial charge in [-0.25, -0.2) is 8.42 Å². The summed E-state index contributed by atoms with van der Waals surface area (Å²) in [4.78, 5) is 12.1. The van der Waals surface area contributed by atoms with E-state index in [1.54, 1.807) is 0 Å².